The Balaban J connectivity index is 0. The van der Waals surface area contributed by atoms with Crippen molar-refractivity contribution in [2.24, 2.45) is 0 Å². The fourth-order valence-electron chi connectivity index (χ4n) is 0. The summed E-state index contributed by atoms with van der Waals surface area (Å²) in [5, 5.41) is 0. The second-order valence-electron chi connectivity index (χ2n) is 0.707. The first-order valence-electron chi connectivity index (χ1n) is 2.41. The first kappa shape index (κ1) is 8.89. The van der Waals surface area contributed by atoms with Crippen LogP contribution in [-0.2, 0) is 0 Å². The van der Waals surface area contributed by atoms with Crippen LogP contribution in [0.15, 0.2) is 0 Å². The average Bonchev–Trinajstić information content (AvgIpc) is 1.46. The molecular weight excluding hydrogens is 60.1 g/mol. The maximum Gasteiger partial charge on any atom is -0.0590 e. The van der Waals surface area contributed by atoms with Crippen molar-refractivity contribution >= 4 is 0 Å². The van der Waals surface area contributed by atoms with Crippen molar-refractivity contribution < 1.29 is 0 Å². The first-order chi connectivity index (χ1) is 2.41. The molecule has 0 heterocycles. The van der Waals surface area contributed by atoms with Crippen LogP contribution in [-0.4, -0.2) is 0 Å². The topological polar surface area (TPSA) is 0 Å². The second-order valence-corrected chi connectivity index (χ2v) is 0.707. The van der Waals surface area contributed by atoms with Crippen LogP contribution in [0.5, 0.6) is 0 Å². The van der Waals surface area contributed by atoms with Crippen LogP contribution in [0.3, 0.4) is 0 Å². The molecule has 0 saturated carbocycles. The van der Waals surface area contributed by atoms with Crippen molar-refractivity contribution in [1.82, 2.24) is 0 Å². The highest BCUT2D eigenvalue weighted by Crippen LogP contribution is 1.56. The van der Waals surface area contributed by atoms with Gasteiger partial charge in [-0.2, -0.15) is 0 Å². The highest BCUT2D eigenvalue weighted by atomic mass is 13.4. The number of rotatable bonds is 0. The monoisotopic (exact) mass is 74.1 g/mol. The highest BCUT2D eigenvalue weighted by molar-refractivity contribution is 3.92. The van der Waals surface area contributed by atoms with E-state index in [1.807, 2.05) is 13.8 Å². The van der Waals surface area contributed by atoms with Crippen LogP contribution in [0.2, 0.25) is 0 Å². The summed E-state index contributed by atoms with van der Waals surface area (Å²) in [4.78, 5) is 0. The summed E-state index contributed by atoms with van der Waals surface area (Å²) in [6.45, 7) is 8.25. The zero-order valence-corrected chi connectivity index (χ0v) is 4.71. The molecule has 0 rings (SSSR count). The van der Waals surface area contributed by atoms with Crippen molar-refractivity contribution in [2.75, 3.05) is 0 Å². The minimum atomic E-state index is 1.25. The summed E-state index contributed by atoms with van der Waals surface area (Å²) in [5.41, 5.74) is 0. The molecule has 0 spiro atoms. The van der Waals surface area contributed by atoms with E-state index in [0.29, 0.717) is 0 Å². The predicted molar refractivity (Wildman–Crippen MR) is 27.3 cm³/mol. The van der Waals surface area contributed by atoms with Crippen LogP contribution in [0, 0.1) is 0 Å². The van der Waals surface area contributed by atoms with Gasteiger partial charge >= 0.3 is 0 Å². The molecule has 0 atom stereocenters. The summed E-state index contributed by atoms with van der Waals surface area (Å²) < 4.78 is 0. The maximum absolute atomic E-state index is 2.12. The van der Waals surface area contributed by atoms with Crippen LogP contribution >= 0.6 is 0 Å². The van der Waals surface area contributed by atoms with Crippen molar-refractivity contribution in [2.45, 2.75) is 34.1 Å². The Hall–Kier alpha value is 0. The molecular formula is C5H14. The SMILES string of the molecule is CC.CCC. The van der Waals surface area contributed by atoms with Crippen molar-refractivity contribution in [3.8, 4) is 0 Å². The van der Waals surface area contributed by atoms with Gasteiger partial charge in [0.2, 0.25) is 0 Å². The number of hydrogen-bond acceptors (Lipinski definition) is 0. The molecule has 0 fully saturated rings. The summed E-state index contributed by atoms with van der Waals surface area (Å²) in [7, 11) is 0. The molecule has 0 aromatic rings. The van der Waals surface area contributed by atoms with Crippen LogP contribution in [0.25, 0.3) is 0 Å². The quantitative estimate of drug-likeness (QED) is 0.414. The lowest BCUT2D eigenvalue weighted by molar-refractivity contribution is 1.09. The molecule has 0 heteroatoms. The Bertz CT molecular complexity index is 0. The lowest BCUT2D eigenvalue weighted by atomic mass is 10.6. The van der Waals surface area contributed by atoms with Gasteiger partial charge in [-0.15, -0.1) is 0 Å². The molecule has 0 bridgehead atoms. The van der Waals surface area contributed by atoms with Gasteiger partial charge in [0.1, 0.15) is 0 Å². The third-order valence-electron chi connectivity index (χ3n) is 0. The molecule has 5 heavy (non-hydrogen) atoms. The highest BCUT2D eigenvalue weighted by Gasteiger charge is 1.35. The van der Waals surface area contributed by atoms with Gasteiger partial charge in [-0.3, -0.25) is 0 Å². The molecule has 0 N–H and O–H groups in total. The Morgan fingerprint density at radius 3 is 1.00 bits per heavy atom. The molecule has 0 amide bonds. The molecule has 0 unspecified atom stereocenters. The van der Waals surface area contributed by atoms with Crippen LogP contribution in [0.4, 0.5) is 0 Å². The van der Waals surface area contributed by atoms with Crippen LogP contribution < -0.4 is 0 Å². The van der Waals surface area contributed by atoms with Crippen molar-refractivity contribution in [3.63, 3.8) is 0 Å². The standard InChI is InChI=1S/C3H8.C2H6/c1-3-2;1-2/h3H2,1-2H3;1-2H3. The molecule has 34 valence electrons. The molecule has 0 nitrogen and oxygen atoms in total. The third-order valence-corrected chi connectivity index (χ3v) is 0. The van der Waals surface area contributed by atoms with E-state index < -0.39 is 0 Å². The molecule has 0 aliphatic heterocycles. The fraction of sp³-hybridized carbons (Fsp3) is 1.00. The van der Waals surface area contributed by atoms with E-state index in [-0.39, 0.29) is 0 Å². The zero-order valence-electron chi connectivity index (χ0n) is 4.71. The molecule has 0 aromatic carbocycles. The smallest absolute Gasteiger partial charge is 0.0590 e. The molecule has 0 radical (unpaired) electrons. The summed E-state index contributed by atoms with van der Waals surface area (Å²) in [6.07, 6.45) is 1.25. The minimum Gasteiger partial charge on any atom is -0.0683 e. The third kappa shape index (κ3) is 0. The molecule has 0 aromatic heterocycles. The van der Waals surface area contributed by atoms with Gasteiger partial charge in [-0.1, -0.05) is 34.1 Å². The molecule has 0 aliphatic carbocycles. The van der Waals surface area contributed by atoms with Gasteiger partial charge in [0.25, 0.3) is 0 Å². The fourth-order valence-corrected chi connectivity index (χ4v) is 0. The van der Waals surface area contributed by atoms with E-state index >= 15 is 0 Å². The average molecular weight is 74.2 g/mol. The first-order valence-corrected chi connectivity index (χ1v) is 2.41. The summed E-state index contributed by atoms with van der Waals surface area (Å²) in [6, 6.07) is 0. The lowest BCUT2D eigenvalue weighted by Crippen LogP contribution is -1.27. The van der Waals surface area contributed by atoms with Gasteiger partial charge in [0, 0.05) is 0 Å². The van der Waals surface area contributed by atoms with Gasteiger partial charge in [-0.25, -0.2) is 0 Å². The van der Waals surface area contributed by atoms with Gasteiger partial charge < -0.3 is 0 Å². The summed E-state index contributed by atoms with van der Waals surface area (Å²) in [5.74, 6) is 0. The molecule has 0 saturated heterocycles. The Labute approximate surface area is 35.2 Å². The van der Waals surface area contributed by atoms with E-state index in [1.54, 1.807) is 0 Å². The summed E-state index contributed by atoms with van der Waals surface area (Å²) >= 11 is 0. The van der Waals surface area contributed by atoms with Crippen molar-refractivity contribution in [3.05, 3.63) is 0 Å². The van der Waals surface area contributed by atoms with E-state index in [0.717, 1.165) is 0 Å². The Kier molecular flexibility index (Phi) is 64.0. The largest absolute Gasteiger partial charge is 0.0683 e. The predicted octanol–water partition coefficient (Wildman–Crippen LogP) is 2.44. The van der Waals surface area contributed by atoms with E-state index in [4.69, 9.17) is 0 Å². The Morgan fingerprint density at radius 2 is 1.00 bits per heavy atom. The minimum absolute atomic E-state index is 1.25. The van der Waals surface area contributed by atoms with E-state index in [1.165, 1.54) is 6.42 Å². The van der Waals surface area contributed by atoms with Gasteiger partial charge in [0.15, 0.2) is 0 Å². The normalized spacial score (nSPS) is 4.80. The molecule has 0 aliphatic rings. The van der Waals surface area contributed by atoms with Crippen LogP contribution in [0.1, 0.15) is 34.1 Å². The van der Waals surface area contributed by atoms with Gasteiger partial charge in [-0.05, 0) is 0 Å². The van der Waals surface area contributed by atoms with Gasteiger partial charge in [0.05, 0.1) is 0 Å². The second kappa shape index (κ2) is 36.0. The number of hydrogen-bond donors (Lipinski definition) is 0. The van der Waals surface area contributed by atoms with E-state index in [2.05, 4.69) is 13.8 Å². The van der Waals surface area contributed by atoms with E-state index in [9.17, 15) is 0 Å². The Morgan fingerprint density at radius 1 is 1.00 bits per heavy atom. The van der Waals surface area contributed by atoms with Crippen molar-refractivity contribution in [1.29, 1.82) is 0 Å². The lowest BCUT2D eigenvalue weighted by Gasteiger charge is -1.48. The maximum atomic E-state index is 2.12. The zero-order chi connectivity index (χ0) is 4.71.